The van der Waals surface area contributed by atoms with Gasteiger partial charge in [0.25, 0.3) is 0 Å². The molecule has 0 aliphatic carbocycles. The van der Waals surface area contributed by atoms with E-state index in [9.17, 15) is 17.6 Å². The molecule has 19 heavy (non-hydrogen) atoms. The van der Waals surface area contributed by atoms with Crippen molar-refractivity contribution >= 4 is 27.4 Å². The average Bonchev–Trinajstić information content (AvgIpc) is 2.32. The van der Waals surface area contributed by atoms with Gasteiger partial charge in [0, 0.05) is 6.61 Å². The lowest BCUT2D eigenvalue weighted by atomic mass is 10.2. The molecule has 8 heteroatoms. The second-order valence-electron chi connectivity index (χ2n) is 3.59. The monoisotopic (exact) mass is 310 g/mol. The Balaban J connectivity index is 3.17. The Hall–Kier alpha value is -1.18. The van der Waals surface area contributed by atoms with Gasteiger partial charge in [-0.25, -0.2) is 17.6 Å². The van der Waals surface area contributed by atoms with Crippen molar-refractivity contribution in [3.63, 3.8) is 0 Å². The number of ether oxygens (including phenoxy) is 1. The number of hydrogen-bond acceptors (Lipinski definition) is 4. The first-order valence-corrected chi connectivity index (χ1v) is 7.35. The van der Waals surface area contributed by atoms with Gasteiger partial charge in [-0.3, -0.25) is 0 Å². The SMILES string of the molecule is CCOCCS(=O)(=O)c1cc(F)c(Cl)c(C(=O)O)c1. The normalized spacial score (nSPS) is 11.5. The third-order valence-electron chi connectivity index (χ3n) is 2.29. The summed E-state index contributed by atoms with van der Waals surface area (Å²) in [5.74, 6) is -2.94. The van der Waals surface area contributed by atoms with Crippen LogP contribution in [-0.4, -0.2) is 38.5 Å². The Morgan fingerprint density at radius 1 is 1.47 bits per heavy atom. The molecule has 0 atom stereocenters. The number of carboxylic acids is 1. The first-order chi connectivity index (χ1) is 8.79. The van der Waals surface area contributed by atoms with Crippen LogP contribution in [0.2, 0.25) is 5.02 Å². The predicted octanol–water partition coefficient (Wildman–Crippen LogP) is 1.99. The maximum absolute atomic E-state index is 13.4. The van der Waals surface area contributed by atoms with Crippen LogP contribution in [0, 0.1) is 5.82 Å². The van der Waals surface area contributed by atoms with Crippen molar-refractivity contribution in [2.45, 2.75) is 11.8 Å². The number of sulfone groups is 1. The third-order valence-corrected chi connectivity index (χ3v) is 4.33. The molecule has 1 rings (SSSR count). The molecule has 0 bridgehead atoms. The molecule has 5 nitrogen and oxygen atoms in total. The lowest BCUT2D eigenvalue weighted by Crippen LogP contribution is -2.14. The molecule has 0 saturated heterocycles. The van der Waals surface area contributed by atoms with Gasteiger partial charge in [0.2, 0.25) is 0 Å². The summed E-state index contributed by atoms with van der Waals surface area (Å²) in [7, 11) is -3.81. The standard InChI is InChI=1S/C11H12ClFO5S/c1-2-18-3-4-19(16,17)7-5-8(11(14)15)10(12)9(13)6-7/h5-6H,2-4H2,1H3,(H,14,15). The highest BCUT2D eigenvalue weighted by Gasteiger charge is 2.21. The fourth-order valence-electron chi connectivity index (χ4n) is 1.33. The first-order valence-electron chi connectivity index (χ1n) is 5.32. The second-order valence-corrected chi connectivity index (χ2v) is 6.07. The molecule has 0 radical (unpaired) electrons. The van der Waals surface area contributed by atoms with Crippen LogP contribution >= 0.6 is 11.6 Å². The quantitative estimate of drug-likeness (QED) is 0.813. The molecule has 1 N–H and O–H groups in total. The van der Waals surface area contributed by atoms with E-state index in [0.29, 0.717) is 12.7 Å². The number of carboxylic acid groups (broad SMARTS) is 1. The largest absolute Gasteiger partial charge is 0.478 e. The minimum absolute atomic E-state index is 0.0501. The van der Waals surface area contributed by atoms with Gasteiger partial charge >= 0.3 is 5.97 Å². The van der Waals surface area contributed by atoms with E-state index in [1.807, 2.05) is 0 Å². The van der Waals surface area contributed by atoms with E-state index in [0.717, 1.165) is 6.07 Å². The van der Waals surface area contributed by atoms with Gasteiger partial charge in [0.15, 0.2) is 9.84 Å². The first kappa shape index (κ1) is 15.9. The molecule has 0 unspecified atom stereocenters. The average molecular weight is 311 g/mol. The van der Waals surface area contributed by atoms with Crippen molar-refractivity contribution in [1.82, 2.24) is 0 Å². The van der Waals surface area contributed by atoms with Gasteiger partial charge in [-0.05, 0) is 19.1 Å². The zero-order valence-corrected chi connectivity index (χ0v) is 11.6. The van der Waals surface area contributed by atoms with Crippen LogP contribution in [0.15, 0.2) is 17.0 Å². The Kier molecular flexibility index (Phi) is 5.28. The van der Waals surface area contributed by atoms with E-state index < -0.39 is 37.1 Å². The molecule has 0 spiro atoms. The third kappa shape index (κ3) is 3.89. The van der Waals surface area contributed by atoms with E-state index >= 15 is 0 Å². The van der Waals surface area contributed by atoms with E-state index in [1.165, 1.54) is 0 Å². The van der Waals surface area contributed by atoms with E-state index in [4.69, 9.17) is 21.4 Å². The van der Waals surface area contributed by atoms with E-state index in [2.05, 4.69) is 0 Å². The number of hydrogen-bond donors (Lipinski definition) is 1. The summed E-state index contributed by atoms with van der Waals surface area (Å²) >= 11 is 5.46. The van der Waals surface area contributed by atoms with Crippen LogP contribution in [0.25, 0.3) is 0 Å². The number of rotatable bonds is 6. The van der Waals surface area contributed by atoms with Crippen LogP contribution in [0.1, 0.15) is 17.3 Å². The second kappa shape index (κ2) is 6.31. The summed E-state index contributed by atoms with van der Waals surface area (Å²) in [6.07, 6.45) is 0. The fourth-order valence-corrected chi connectivity index (χ4v) is 2.67. The highest BCUT2D eigenvalue weighted by atomic mass is 35.5. The van der Waals surface area contributed by atoms with Crippen molar-refractivity contribution in [1.29, 1.82) is 0 Å². The number of benzene rings is 1. The molecule has 0 amide bonds. The summed E-state index contributed by atoms with van der Waals surface area (Å²) in [4.78, 5) is 10.4. The smallest absolute Gasteiger partial charge is 0.337 e. The lowest BCUT2D eigenvalue weighted by molar-refractivity contribution is 0.0696. The molecular formula is C11H12ClFO5S. The molecule has 106 valence electrons. The zero-order chi connectivity index (χ0) is 14.6. The molecule has 0 aromatic heterocycles. The molecule has 1 aromatic carbocycles. The molecule has 0 aliphatic heterocycles. The molecular weight excluding hydrogens is 299 g/mol. The number of carbonyl (C=O) groups is 1. The topological polar surface area (TPSA) is 80.7 Å². The highest BCUT2D eigenvalue weighted by Crippen LogP contribution is 2.25. The van der Waals surface area contributed by atoms with Crippen LogP contribution < -0.4 is 0 Å². The minimum atomic E-state index is -3.81. The van der Waals surface area contributed by atoms with Crippen molar-refractivity contribution in [3.8, 4) is 0 Å². The Labute approximate surface area is 114 Å². The predicted molar refractivity (Wildman–Crippen MR) is 66.9 cm³/mol. The summed E-state index contributed by atoms with van der Waals surface area (Å²) in [5.41, 5.74) is -0.586. The van der Waals surface area contributed by atoms with Crippen molar-refractivity contribution < 1.29 is 27.4 Å². The van der Waals surface area contributed by atoms with Gasteiger partial charge in [-0.15, -0.1) is 0 Å². The Morgan fingerprint density at radius 2 is 2.11 bits per heavy atom. The van der Waals surface area contributed by atoms with Gasteiger partial charge in [-0.1, -0.05) is 11.6 Å². The Bertz CT molecular complexity index is 585. The number of aromatic carboxylic acids is 1. The molecule has 0 heterocycles. The van der Waals surface area contributed by atoms with Crippen molar-refractivity contribution in [3.05, 3.63) is 28.5 Å². The van der Waals surface area contributed by atoms with Crippen LogP contribution in [0.3, 0.4) is 0 Å². The summed E-state index contributed by atoms with van der Waals surface area (Å²) in [6, 6.07) is 1.55. The van der Waals surface area contributed by atoms with Gasteiger partial charge in [-0.2, -0.15) is 0 Å². The summed E-state index contributed by atoms with van der Waals surface area (Å²) in [6.45, 7) is 2.01. The van der Waals surface area contributed by atoms with Crippen LogP contribution in [0.4, 0.5) is 4.39 Å². The van der Waals surface area contributed by atoms with Crippen LogP contribution in [-0.2, 0) is 14.6 Å². The maximum Gasteiger partial charge on any atom is 0.337 e. The minimum Gasteiger partial charge on any atom is -0.478 e. The molecule has 0 saturated carbocycles. The highest BCUT2D eigenvalue weighted by molar-refractivity contribution is 7.91. The molecule has 0 fully saturated rings. The molecule has 1 aromatic rings. The summed E-state index contributed by atoms with van der Waals surface area (Å²) in [5, 5.41) is 8.21. The van der Waals surface area contributed by atoms with Crippen LogP contribution in [0.5, 0.6) is 0 Å². The van der Waals surface area contributed by atoms with E-state index in [-0.39, 0.29) is 12.4 Å². The number of halogens is 2. The van der Waals surface area contributed by atoms with Gasteiger partial charge < -0.3 is 9.84 Å². The summed E-state index contributed by atoms with van der Waals surface area (Å²) < 4.78 is 42.1. The Morgan fingerprint density at radius 3 is 2.63 bits per heavy atom. The molecule has 0 aliphatic rings. The van der Waals surface area contributed by atoms with Crippen molar-refractivity contribution in [2.75, 3.05) is 19.0 Å². The van der Waals surface area contributed by atoms with E-state index in [1.54, 1.807) is 6.92 Å². The lowest BCUT2D eigenvalue weighted by Gasteiger charge is -2.07. The van der Waals surface area contributed by atoms with Gasteiger partial charge in [0.1, 0.15) is 5.82 Å². The van der Waals surface area contributed by atoms with Crippen molar-refractivity contribution in [2.24, 2.45) is 0 Å². The maximum atomic E-state index is 13.4. The van der Waals surface area contributed by atoms with Gasteiger partial charge in [0.05, 0.1) is 27.8 Å². The zero-order valence-electron chi connectivity index (χ0n) is 10.0. The fraction of sp³-hybridized carbons (Fsp3) is 0.364.